The van der Waals surface area contributed by atoms with Crippen molar-refractivity contribution in [3.63, 3.8) is 0 Å². The van der Waals surface area contributed by atoms with Gasteiger partial charge in [-0.2, -0.15) is 0 Å². The van der Waals surface area contributed by atoms with Gasteiger partial charge in [-0.05, 0) is 76.8 Å². The molecule has 5 aromatic rings. The highest BCUT2D eigenvalue weighted by Crippen LogP contribution is 2.54. The molecule has 4 N–H and O–H groups in total. The van der Waals surface area contributed by atoms with Crippen LogP contribution in [0.3, 0.4) is 0 Å². The summed E-state index contributed by atoms with van der Waals surface area (Å²) in [6.07, 6.45) is 6.06. The monoisotopic (exact) mass is 812 g/mol. The first-order chi connectivity index (χ1) is 28.9. The number of benzene rings is 3. The number of nitrogens with one attached hydrogen (secondary N) is 4. The zero-order valence-electron chi connectivity index (χ0n) is 34.8. The lowest BCUT2D eigenvalue weighted by Crippen LogP contribution is -2.52. The van der Waals surface area contributed by atoms with Gasteiger partial charge in [0.1, 0.15) is 23.7 Å². The number of likely N-dealkylation sites (tertiary alicyclic amines) is 2. The molecule has 4 aliphatic rings. The number of carbonyl (C=O) groups excluding carboxylic acids is 4. The fourth-order valence-electron chi connectivity index (χ4n) is 9.68. The third kappa shape index (κ3) is 7.05. The maximum Gasteiger partial charge on any atom is 0.407 e. The zero-order valence-corrected chi connectivity index (χ0v) is 34.8. The van der Waals surface area contributed by atoms with Crippen molar-refractivity contribution in [1.29, 1.82) is 0 Å². The summed E-state index contributed by atoms with van der Waals surface area (Å²) in [5.41, 5.74) is 5.90. The van der Waals surface area contributed by atoms with Crippen molar-refractivity contribution in [2.75, 3.05) is 14.2 Å². The summed E-state index contributed by atoms with van der Waals surface area (Å²) in [6.45, 7) is 7.69. The minimum Gasteiger partial charge on any atom is -0.453 e. The van der Waals surface area contributed by atoms with Crippen LogP contribution < -0.4 is 10.6 Å². The maximum atomic E-state index is 13.9. The van der Waals surface area contributed by atoms with E-state index < -0.39 is 24.3 Å². The molecule has 2 aromatic heterocycles. The minimum absolute atomic E-state index is 0.103. The van der Waals surface area contributed by atoms with E-state index >= 15 is 0 Å². The van der Waals surface area contributed by atoms with E-state index in [1.807, 2.05) is 49.9 Å². The van der Waals surface area contributed by atoms with Gasteiger partial charge in [-0.3, -0.25) is 9.59 Å². The number of amides is 4. The number of nitrogens with zero attached hydrogens (tertiary/aromatic N) is 4. The average molecular weight is 813 g/mol. The summed E-state index contributed by atoms with van der Waals surface area (Å²) in [4.78, 5) is 72.6. The van der Waals surface area contributed by atoms with Crippen molar-refractivity contribution >= 4 is 34.8 Å². The second-order valence-electron chi connectivity index (χ2n) is 17.5. The summed E-state index contributed by atoms with van der Waals surface area (Å²) in [7, 11) is 2.61. The molecular formula is C46H52N8O6. The topological polar surface area (TPSA) is 175 Å². The van der Waals surface area contributed by atoms with Gasteiger partial charge in [-0.15, -0.1) is 0 Å². The standard InChI is InChI=1S/C46H52N8O6/c1-23(2)39(51-45(57)59-5)43(55)53-35-17-27(35)19-37(53)41-47-21-33(49-41)26-15-13-25(14-16-26)29-9-7-11-31-30(29)10-8-12-32(31)34-22-48-42(50-34)38-20-28-18-36(28)54(38)44(56)40(24(3)4)52-46(58)60-6/h7-16,21-24,27-28,35-40H,17-20H2,1-6H3,(H,47,49)(H,48,50)(H,51,57)(H,52,58)/t27-,28-,35-,36-,37?,38+,39+,40+/m1/s1. The van der Waals surface area contributed by atoms with E-state index in [0.717, 1.165) is 81.7 Å². The van der Waals surface area contributed by atoms with Gasteiger partial charge < -0.3 is 39.9 Å². The summed E-state index contributed by atoms with van der Waals surface area (Å²) in [5, 5.41) is 7.67. The average Bonchev–Trinajstić information content (AvgIpc) is 3.84. The first kappa shape index (κ1) is 39.3. The van der Waals surface area contributed by atoms with Crippen molar-refractivity contribution in [3.05, 3.63) is 84.7 Å². The van der Waals surface area contributed by atoms with E-state index in [1.165, 1.54) is 14.2 Å². The Morgan fingerprint density at radius 2 is 1.07 bits per heavy atom. The SMILES string of the molecule is COC(=O)N[C@H](C(=O)N1C(c2ncc(-c3ccc(-c4cccc5c(-c6cnc([C@@H]7C[C@H]8C[C@H]8N7C(=O)[C@@H](NC(=O)OC)C(C)C)[nH]6)cccc45)cc3)[nH]2)C[C@H]2C[C@H]21)C(C)C. The fraction of sp³-hybridized carbons (Fsp3) is 0.435. The van der Waals surface area contributed by atoms with Crippen LogP contribution in [0.4, 0.5) is 9.59 Å². The predicted molar refractivity (Wildman–Crippen MR) is 225 cm³/mol. The summed E-state index contributed by atoms with van der Waals surface area (Å²) >= 11 is 0. The Balaban J connectivity index is 0.936. The Hall–Kier alpha value is -6.18. The number of carbonyl (C=O) groups is 4. The maximum absolute atomic E-state index is 13.9. The molecule has 2 aliphatic heterocycles. The van der Waals surface area contributed by atoms with Crippen LogP contribution in [-0.4, -0.2) is 92.1 Å². The molecule has 4 fully saturated rings. The molecule has 4 heterocycles. The Labute approximate surface area is 348 Å². The van der Waals surface area contributed by atoms with Gasteiger partial charge in [0.05, 0.1) is 50.1 Å². The highest BCUT2D eigenvalue weighted by molar-refractivity contribution is 6.04. The fourth-order valence-corrected chi connectivity index (χ4v) is 9.68. The first-order valence-electron chi connectivity index (χ1n) is 21.0. The summed E-state index contributed by atoms with van der Waals surface area (Å²) in [6, 6.07) is 19.6. The van der Waals surface area contributed by atoms with Crippen LogP contribution in [0.1, 0.15) is 77.1 Å². The molecule has 14 heteroatoms. The van der Waals surface area contributed by atoms with Crippen molar-refractivity contribution in [3.8, 4) is 33.6 Å². The lowest BCUT2D eigenvalue weighted by molar-refractivity contribution is -0.137. The van der Waals surface area contributed by atoms with E-state index in [2.05, 4.69) is 81.3 Å². The second-order valence-corrected chi connectivity index (χ2v) is 17.5. The largest absolute Gasteiger partial charge is 0.453 e. The predicted octanol–water partition coefficient (Wildman–Crippen LogP) is 7.37. The van der Waals surface area contributed by atoms with E-state index in [9.17, 15) is 19.2 Å². The van der Waals surface area contributed by atoms with E-state index in [-0.39, 0.29) is 47.8 Å². The molecule has 0 spiro atoms. The van der Waals surface area contributed by atoms with Gasteiger partial charge >= 0.3 is 12.2 Å². The summed E-state index contributed by atoms with van der Waals surface area (Å²) < 4.78 is 9.64. The Morgan fingerprint density at radius 1 is 0.617 bits per heavy atom. The molecule has 1 unspecified atom stereocenters. The number of imidazole rings is 2. The van der Waals surface area contributed by atoms with Crippen LogP contribution in [-0.2, 0) is 19.1 Å². The highest BCUT2D eigenvalue weighted by atomic mass is 16.5. The van der Waals surface area contributed by atoms with Gasteiger partial charge in [0, 0.05) is 17.6 Å². The molecule has 0 radical (unpaired) electrons. The van der Waals surface area contributed by atoms with E-state index in [0.29, 0.717) is 11.8 Å². The third-order valence-electron chi connectivity index (χ3n) is 13.0. The lowest BCUT2D eigenvalue weighted by atomic mass is 9.94. The molecule has 2 saturated heterocycles. The van der Waals surface area contributed by atoms with Crippen LogP contribution in [0.2, 0.25) is 0 Å². The number of ether oxygens (including phenoxy) is 2. The van der Waals surface area contributed by atoms with E-state index in [4.69, 9.17) is 19.4 Å². The Morgan fingerprint density at radius 3 is 1.57 bits per heavy atom. The molecule has 14 nitrogen and oxygen atoms in total. The number of alkyl carbamates (subject to hydrolysis) is 2. The summed E-state index contributed by atoms with van der Waals surface area (Å²) in [5.74, 6) is 1.94. The molecule has 0 bridgehead atoms. The van der Waals surface area contributed by atoms with Crippen molar-refractivity contribution in [2.24, 2.45) is 23.7 Å². The molecule has 8 atom stereocenters. The second kappa shape index (κ2) is 15.4. The van der Waals surface area contributed by atoms with Crippen molar-refractivity contribution in [1.82, 2.24) is 40.4 Å². The van der Waals surface area contributed by atoms with Crippen LogP contribution >= 0.6 is 0 Å². The van der Waals surface area contributed by atoms with Crippen molar-refractivity contribution in [2.45, 2.75) is 89.6 Å². The van der Waals surface area contributed by atoms with Gasteiger partial charge in [0.15, 0.2) is 0 Å². The molecule has 9 rings (SSSR count). The number of aromatic nitrogens is 4. The number of methoxy groups -OCH3 is 2. The highest BCUT2D eigenvalue weighted by Gasteiger charge is 2.57. The first-order valence-corrected chi connectivity index (χ1v) is 21.0. The number of hydrogen-bond donors (Lipinski definition) is 4. The van der Waals surface area contributed by atoms with Crippen LogP contribution in [0.5, 0.6) is 0 Å². The number of fused-ring (bicyclic) bond motifs is 3. The molecule has 2 saturated carbocycles. The van der Waals surface area contributed by atoms with Gasteiger partial charge in [-0.25, -0.2) is 19.6 Å². The van der Waals surface area contributed by atoms with Gasteiger partial charge in [0.25, 0.3) is 0 Å². The zero-order chi connectivity index (χ0) is 42.0. The number of piperidine rings is 2. The Kier molecular flexibility index (Phi) is 10.1. The number of hydrogen-bond acceptors (Lipinski definition) is 8. The molecular weight excluding hydrogens is 761 g/mol. The van der Waals surface area contributed by atoms with Gasteiger partial charge in [-0.1, -0.05) is 88.4 Å². The van der Waals surface area contributed by atoms with E-state index in [1.54, 1.807) is 0 Å². The lowest BCUT2D eigenvalue weighted by Gasteiger charge is -2.31. The smallest absolute Gasteiger partial charge is 0.407 e. The number of rotatable bonds is 11. The third-order valence-corrected chi connectivity index (χ3v) is 13.0. The van der Waals surface area contributed by atoms with Crippen LogP contribution in [0, 0.1) is 23.7 Å². The van der Waals surface area contributed by atoms with Crippen LogP contribution in [0.15, 0.2) is 73.1 Å². The number of aromatic amines is 2. The molecule has 2 aliphatic carbocycles. The quantitative estimate of drug-likeness (QED) is 0.107. The Bertz CT molecular complexity index is 2460. The molecule has 312 valence electrons. The van der Waals surface area contributed by atoms with Gasteiger partial charge in [0.2, 0.25) is 11.8 Å². The minimum atomic E-state index is -0.691. The normalized spacial score (nSPS) is 23.6. The molecule has 60 heavy (non-hydrogen) atoms. The molecule has 4 amide bonds. The van der Waals surface area contributed by atoms with Crippen molar-refractivity contribution < 1.29 is 28.7 Å². The number of H-pyrrole nitrogens is 2. The van der Waals surface area contributed by atoms with Crippen LogP contribution in [0.25, 0.3) is 44.4 Å². The molecule has 3 aromatic carbocycles.